The lowest BCUT2D eigenvalue weighted by molar-refractivity contribution is 0.576. The summed E-state index contributed by atoms with van der Waals surface area (Å²) in [4.78, 5) is 4.08. The fraction of sp³-hybridized carbons (Fsp3) is 0.700. The van der Waals surface area contributed by atoms with E-state index in [0.29, 0.717) is 12.2 Å². The summed E-state index contributed by atoms with van der Waals surface area (Å²) in [5.74, 6) is 0.715. The van der Waals surface area contributed by atoms with Gasteiger partial charge in [-0.25, -0.2) is 18.1 Å². The number of sulfonamides is 1. The van der Waals surface area contributed by atoms with Gasteiger partial charge in [0.05, 0.1) is 0 Å². The van der Waals surface area contributed by atoms with Crippen molar-refractivity contribution in [1.82, 2.24) is 14.3 Å². The maximum absolute atomic E-state index is 12.0. The van der Waals surface area contributed by atoms with Crippen molar-refractivity contribution >= 4 is 10.0 Å². The summed E-state index contributed by atoms with van der Waals surface area (Å²) in [6.07, 6.45) is 3.22. The molecule has 96 valence electrons. The largest absolute Gasteiger partial charge is 0.334 e. The molecule has 2 rings (SSSR count). The topological polar surface area (TPSA) is 90.0 Å². The van der Waals surface area contributed by atoms with Crippen molar-refractivity contribution in [2.24, 2.45) is 5.73 Å². The molecule has 2 unspecified atom stereocenters. The molecule has 3 N–H and O–H groups in total. The van der Waals surface area contributed by atoms with E-state index in [1.54, 1.807) is 13.1 Å². The van der Waals surface area contributed by atoms with Gasteiger partial charge in [-0.15, -0.1) is 0 Å². The highest BCUT2D eigenvalue weighted by Gasteiger charge is 2.38. The van der Waals surface area contributed by atoms with Crippen molar-refractivity contribution < 1.29 is 8.42 Å². The molecule has 0 spiro atoms. The zero-order valence-corrected chi connectivity index (χ0v) is 10.9. The molecule has 0 aromatic carbocycles. The van der Waals surface area contributed by atoms with Gasteiger partial charge in [-0.05, 0) is 19.8 Å². The van der Waals surface area contributed by atoms with Gasteiger partial charge in [0.1, 0.15) is 5.82 Å². The Hall–Kier alpha value is -0.920. The predicted molar refractivity (Wildman–Crippen MR) is 64.0 cm³/mol. The summed E-state index contributed by atoms with van der Waals surface area (Å²) < 4.78 is 28.3. The Labute approximate surface area is 101 Å². The van der Waals surface area contributed by atoms with Gasteiger partial charge in [-0.3, -0.25) is 0 Å². The highest BCUT2D eigenvalue weighted by atomic mass is 32.2. The molecule has 7 heteroatoms. The Balaban J connectivity index is 2.18. The lowest BCUT2D eigenvalue weighted by atomic mass is 10.5. The Bertz CT molecular complexity index is 508. The van der Waals surface area contributed by atoms with Gasteiger partial charge < -0.3 is 10.3 Å². The summed E-state index contributed by atoms with van der Waals surface area (Å²) in [5, 5.41) is 0.0857. The predicted octanol–water partition coefficient (Wildman–Crippen LogP) is -0.0206. The quantitative estimate of drug-likeness (QED) is 0.776. The molecular formula is C10H18N4O2S. The first-order valence-corrected chi connectivity index (χ1v) is 7.24. The first-order chi connectivity index (χ1) is 7.94. The molecule has 0 amide bonds. The van der Waals surface area contributed by atoms with Gasteiger partial charge in [0, 0.05) is 24.8 Å². The van der Waals surface area contributed by atoms with Crippen molar-refractivity contribution in [3.63, 3.8) is 0 Å². The Kier molecular flexibility index (Phi) is 3.24. The number of aryl methyl sites for hydroxylation is 2. The van der Waals surface area contributed by atoms with Crippen molar-refractivity contribution in [2.75, 3.05) is 0 Å². The van der Waals surface area contributed by atoms with Crippen LogP contribution >= 0.6 is 0 Å². The summed E-state index contributed by atoms with van der Waals surface area (Å²) in [7, 11) is -3.51. The minimum Gasteiger partial charge on any atom is -0.334 e. The minimum atomic E-state index is -3.51. The number of nitrogens with zero attached hydrogens (tertiary/aromatic N) is 2. The van der Waals surface area contributed by atoms with Gasteiger partial charge in [0.25, 0.3) is 10.0 Å². The lowest BCUT2D eigenvalue weighted by Gasteiger charge is -2.01. The number of imidazole rings is 1. The molecule has 0 saturated heterocycles. The summed E-state index contributed by atoms with van der Waals surface area (Å²) >= 11 is 0. The van der Waals surface area contributed by atoms with Gasteiger partial charge >= 0.3 is 0 Å². The molecular weight excluding hydrogens is 240 g/mol. The zero-order valence-electron chi connectivity index (χ0n) is 10.0. The number of hydrogen-bond acceptors (Lipinski definition) is 4. The molecule has 1 aliphatic rings. The molecule has 1 heterocycles. The Morgan fingerprint density at radius 2 is 2.29 bits per heavy atom. The second-order valence-corrected chi connectivity index (χ2v) is 6.11. The third kappa shape index (κ3) is 2.67. The van der Waals surface area contributed by atoms with Crippen molar-refractivity contribution in [3.8, 4) is 0 Å². The number of aromatic nitrogens is 2. The average Bonchev–Trinajstić information content (AvgIpc) is 2.75. The van der Waals surface area contributed by atoms with Crippen LogP contribution in [0.4, 0.5) is 0 Å². The van der Waals surface area contributed by atoms with E-state index in [4.69, 9.17) is 5.73 Å². The highest BCUT2D eigenvalue weighted by molar-refractivity contribution is 7.89. The van der Waals surface area contributed by atoms with Crippen LogP contribution in [0.5, 0.6) is 0 Å². The van der Waals surface area contributed by atoms with E-state index in [0.717, 1.165) is 13.0 Å². The fourth-order valence-corrected chi connectivity index (χ4v) is 2.99. The van der Waals surface area contributed by atoms with E-state index in [-0.39, 0.29) is 17.1 Å². The van der Waals surface area contributed by atoms with Crippen LogP contribution in [-0.4, -0.2) is 30.1 Å². The molecule has 6 nitrogen and oxygen atoms in total. The van der Waals surface area contributed by atoms with Gasteiger partial charge in [-0.1, -0.05) is 6.92 Å². The molecule has 1 aromatic heterocycles. The van der Waals surface area contributed by atoms with Crippen LogP contribution in [0.1, 0.15) is 25.6 Å². The second kappa shape index (κ2) is 4.40. The molecule has 2 atom stereocenters. The zero-order chi connectivity index (χ0) is 12.6. The van der Waals surface area contributed by atoms with Crippen LogP contribution < -0.4 is 10.5 Å². The summed E-state index contributed by atoms with van der Waals surface area (Å²) in [5.41, 5.74) is 5.58. The van der Waals surface area contributed by atoms with Crippen LogP contribution in [0, 0.1) is 6.92 Å². The molecule has 1 fully saturated rings. The Morgan fingerprint density at radius 1 is 1.65 bits per heavy atom. The standard InChI is InChI=1S/C10H18N4O2S/c1-3-4-14-6-10(12-7(14)2)17(15,16)13-9-5-8(9)11/h6,8-9,13H,3-5,11H2,1-2H3. The van der Waals surface area contributed by atoms with Crippen LogP contribution in [-0.2, 0) is 16.6 Å². The van der Waals surface area contributed by atoms with Gasteiger partial charge in [0.2, 0.25) is 0 Å². The molecule has 0 aliphatic heterocycles. The maximum atomic E-state index is 12.0. The summed E-state index contributed by atoms with van der Waals surface area (Å²) in [6, 6.07) is -0.180. The third-order valence-electron chi connectivity index (χ3n) is 2.84. The van der Waals surface area contributed by atoms with Crippen LogP contribution in [0.3, 0.4) is 0 Å². The molecule has 0 bridgehead atoms. The van der Waals surface area contributed by atoms with E-state index in [2.05, 4.69) is 9.71 Å². The molecule has 0 radical (unpaired) electrons. The van der Waals surface area contributed by atoms with Gasteiger partial charge in [0.15, 0.2) is 5.03 Å². The van der Waals surface area contributed by atoms with Crippen molar-refractivity contribution in [3.05, 3.63) is 12.0 Å². The lowest BCUT2D eigenvalue weighted by Crippen LogP contribution is -2.30. The molecule has 1 aliphatic carbocycles. The van der Waals surface area contributed by atoms with E-state index in [1.165, 1.54) is 0 Å². The van der Waals surface area contributed by atoms with E-state index in [9.17, 15) is 8.42 Å². The van der Waals surface area contributed by atoms with E-state index < -0.39 is 10.0 Å². The first-order valence-electron chi connectivity index (χ1n) is 5.75. The number of hydrogen-bond donors (Lipinski definition) is 2. The van der Waals surface area contributed by atoms with Crippen molar-refractivity contribution in [2.45, 2.75) is 50.3 Å². The Morgan fingerprint density at radius 3 is 2.82 bits per heavy atom. The van der Waals surface area contributed by atoms with Gasteiger partial charge in [-0.2, -0.15) is 0 Å². The SMILES string of the molecule is CCCn1cc(S(=O)(=O)NC2CC2N)nc1C. The second-order valence-electron chi connectivity index (χ2n) is 4.45. The maximum Gasteiger partial charge on any atom is 0.259 e. The van der Waals surface area contributed by atoms with Crippen molar-refractivity contribution in [1.29, 1.82) is 0 Å². The molecule has 1 saturated carbocycles. The third-order valence-corrected chi connectivity index (χ3v) is 4.20. The molecule has 1 aromatic rings. The van der Waals surface area contributed by atoms with E-state index >= 15 is 0 Å². The minimum absolute atomic E-state index is 0.0522. The number of nitrogens with two attached hydrogens (primary N) is 1. The van der Waals surface area contributed by atoms with Crippen LogP contribution in [0.15, 0.2) is 11.2 Å². The van der Waals surface area contributed by atoms with Crippen LogP contribution in [0.25, 0.3) is 0 Å². The molecule has 17 heavy (non-hydrogen) atoms. The summed E-state index contributed by atoms with van der Waals surface area (Å²) in [6.45, 7) is 4.61. The highest BCUT2D eigenvalue weighted by Crippen LogP contribution is 2.21. The monoisotopic (exact) mass is 258 g/mol. The van der Waals surface area contributed by atoms with Crippen LogP contribution in [0.2, 0.25) is 0 Å². The smallest absolute Gasteiger partial charge is 0.259 e. The average molecular weight is 258 g/mol. The van der Waals surface area contributed by atoms with E-state index in [1.807, 2.05) is 11.5 Å². The first kappa shape index (κ1) is 12.5. The number of nitrogens with one attached hydrogen (secondary N) is 1. The fourth-order valence-electron chi connectivity index (χ4n) is 1.69. The normalized spacial score (nSPS) is 23.9. The number of rotatable bonds is 5.